The molecule has 6 heteroatoms. The second-order valence-corrected chi connectivity index (χ2v) is 8.74. The van der Waals surface area contributed by atoms with Crippen molar-refractivity contribution in [3.63, 3.8) is 0 Å². The van der Waals surface area contributed by atoms with Crippen LogP contribution in [0.5, 0.6) is 0 Å². The van der Waals surface area contributed by atoms with E-state index in [1.165, 1.54) is 0 Å². The Morgan fingerprint density at radius 3 is 2.90 bits per heavy atom. The number of ether oxygens (including phenoxy) is 1. The summed E-state index contributed by atoms with van der Waals surface area (Å²) >= 11 is 0. The molecule has 1 N–H and O–H groups in total. The van der Waals surface area contributed by atoms with Crippen LogP contribution >= 0.6 is 0 Å². The van der Waals surface area contributed by atoms with Crippen molar-refractivity contribution >= 4 is 9.84 Å². The molecule has 0 aliphatic carbocycles. The lowest BCUT2D eigenvalue weighted by atomic mass is 10.1. The minimum Gasteiger partial charge on any atom is -0.374 e. The molecular formula is C14H28N2O3S. The van der Waals surface area contributed by atoms with Crippen molar-refractivity contribution in [2.24, 2.45) is 5.92 Å². The molecule has 0 saturated carbocycles. The number of hydrogen-bond donors (Lipinski definition) is 1. The van der Waals surface area contributed by atoms with Gasteiger partial charge in [0.15, 0.2) is 9.84 Å². The van der Waals surface area contributed by atoms with Crippen LogP contribution in [0.3, 0.4) is 0 Å². The number of nitrogens with one attached hydrogen (secondary N) is 1. The minimum atomic E-state index is -2.83. The highest BCUT2D eigenvalue weighted by Crippen LogP contribution is 2.13. The Labute approximate surface area is 123 Å². The van der Waals surface area contributed by atoms with E-state index in [0.717, 1.165) is 45.6 Å². The fraction of sp³-hybridized carbons (Fsp3) is 1.00. The fourth-order valence-electron chi connectivity index (χ4n) is 3.07. The summed E-state index contributed by atoms with van der Waals surface area (Å²) in [7, 11) is -2.83. The molecule has 0 aromatic rings. The predicted molar refractivity (Wildman–Crippen MR) is 80.7 cm³/mol. The Bertz CT molecular complexity index is 397. The summed E-state index contributed by atoms with van der Waals surface area (Å²) in [6, 6.07) is 0.109. The van der Waals surface area contributed by atoms with E-state index in [-0.39, 0.29) is 17.9 Å². The molecule has 0 amide bonds. The van der Waals surface area contributed by atoms with Gasteiger partial charge in [-0.3, -0.25) is 4.90 Å². The standard InChI is InChI=1S/C14H28N2O3S/c1-12(2)9-16-5-6-19-14(10-16)8-15-13-4-3-7-20(17,18)11-13/h12-15H,3-11H2,1-2H3/t13-,14+/m0/s1. The number of rotatable bonds is 5. The molecular weight excluding hydrogens is 276 g/mol. The third-order valence-electron chi connectivity index (χ3n) is 3.94. The van der Waals surface area contributed by atoms with Crippen molar-refractivity contribution in [2.45, 2.75) is 38.8 Å². The Balaban J connectivity index is 1.73. The molecule has 2 atom stereocenters. The molecule has 2 heterocycles. The van der Waals surface area contributed by atoms with Crippen LogP contribution in [-0.4, -0.2) is 69.8 Å². The van der Waals surface area contributed by atoms with Crippen LogP contribution in [0.2, 0.25) is 0 Å². The average Bonchev–Trinajstić information content (AvgIpc) is 2.35. The van der Waals surface area contributed by atoms with Crippen molar-refractivity contribution in [3.8, 4) is 0 Å². The zero-order valence-corrected chi connectivity index (χ0v) is 13.5. The maximum atomic E-state index is 11.6. The molecule has 5 nitrogen and oxygen atoms in total. The van der Waals surface area contributed by atoms with Gasteiger partial charge in [-0.15, -0.1) is 0 Å². The molecule has 0 unspecified atom stereocenters. The van der Waals surface area contributed by atoms with E-state index in [9.17, 15) is 8.42 Å². The van der Waals surface area contributed by atoms with Crippen molar-refractivity contribution in [1.29, 1.82) is 0 Å². The van der Waals surface area contributed by atoms with Gasteiger partial charge in [0, 0.05) is 32.2 Å². The molecule has 2 rings (SSSR count). The van der Waals surface area contributed by atoms with E-state index in [0.29, 0.717) is 11.7 Å². The lowest BCUT2D eigenvalue weighted by Gasteiger charge is -2.35. The monoisotopic (exact) mass is 304 g/mol. The van der Waals surface area contributed by atoms with Crippen LogP contribution in [0.25, 0.3) is 0 Å². The lowest BCUT2D eigenvalue weighted by molar-refractivity contribution is -0.0311. The Morgan fingerprint density at radius 1 is 1.40 bits per heavy atom. The molecule has 0 radical (unpaired) electrons. The summed E-state index contributed by atoms with van der Waals surface area (Å²) in [6.07, 6.45) is 1.93. The smallest absolute Gasteiger partial charge is 0.151 e. The zero-order chi connectivity index (χ0) is 14.6. The van der Waals surface area contributed by atoms with Crippen LogP contribution < -0.4 is 5.32 Å². The molecule has 0 aromatic heterocycles. The maximum Gasteiger partial charge on any atom is 0.151 e. The third kappa shape index (κ3) is 5.31. The highest BCUT2D eigenvalue weighted by Gasteiger charge is 2.26. The largest absolute Gasteiger partial charge is 0.374 e. The minimum absolute atomic E-state index is 0.109. The number of morpholine rings is 1. The van der Waals surface area contributed by atoms with Gasteiger partial charge in [0.05, 0.1) is 24.2 Å². The SMILES string of the molecule is CC(C)CN1CCO[C@H](CN[C@H]2CCCS(=O)(=O)C2)C1. The van der Waals surface area contributed by atoms with E-state index in [1.54, 1.807) is 0 Å². The first kappa shape index (κ1) is 16.2. The Morgan fingerprint density at radius 2 is 2.20 bits per heavy atom. The van der Waals surface area contributed by atoms with Gasteiger partial charge in [-0.1, -0.05) is 13.8 Å². The van der Waals surface area contributed by atoms with E-state index in [4.69, 9.17) is 4.74 Å². The van der Waals surface area contributed by atoms with Crippen LogP contribution in [0.4, 0.5) is 0 Å². The van der Waals surface area contributed by atoms with Crippen LogP contribution in [0, 0.1) is 5.92 Å². The molecule has 20 heavy (non-hydrogen) atoms. The summed E-state index contributed by atoms with van der Waals surface area (Å²) in [5.74, 6) is 1.31. The summed E-state index contributed by atoms with van der Waals surface area (Å²) < 4.78 is 29.0. The number of hydrogen-bond acceptors (Lipinski definition) is 5. The normalized spacial score (nSPS) is 31.6. The molecule has 2 aliphatic rings. The van der Waals surface area contributed by atoms with E-state index in [2.05, 4.69) is 24.1 Å². The topological polar surface area (TPSA) is 58.6 Å². The number of nitrogens with zero attached hydrogens (tertiary/aromatic N) is 1. The Kier molecular flexibility index (Phi) is 5.84. The fourth-order valence-corrected chi connectivity index (χ4v) is 4.74. The van der Waals surface area contributed by atoms with Crippen molar-refractivity contribution < 1.29 is 13.2 Å². The average molecular weight is 304 g/mol. The summed E-state index contributed by atoms with van der Waals surface area (Å²) in [5.41, 5.74) is 0. The van der Waals surface area contributed by atoms with Crippen molar-refractivity contribution in [1.82, 2.24) is 10.2 Å². The molecule has 2 saturated heterocycles. The highest BCUT2D eigenvalue weighted by molar-refractivity contribution is 7.91. The van der Waals surface area contributed by atoms with Gasteiger partial charge in [0.25, 0.3) is 0 Å². The van der Waals surface area contributed by atoms with Gasteiger partial charge in [0.2, 0.25) is 0 Å². The first-order valence-electron chi connectivity index (χ1n) is 7.72. The number of sulfone groups is 1. The van der Waals surface area contributed by atoms with Gasteiger partial charge < -0.3 is 10.1 Å². The van der Waals surface area contributed by atoms with E-state index < -0.39 is 9.84 Å². The lowest BCUT2D eigenvalue weighted by Crippen LogP contribution is -2.50. The molecule has 2 fully saturated rings. The first-order chi connectivity index (χ1) is 9.44. The third-order valence-corrected chi connectivity index (χ3v) is 5.76. The van der Waals surface area contributed by atoms with E-state index >= 15 is 0 Å². The van der Waals surface area contributed by atoms with Crippen molar-refractivity contribution in [2.75, 3.05) is 44.3 Å². The maximum absolute atomic E-state index is 11.6. The second-order valence-electron chi connectivity index (χ2n) is 6.51. The van der Waals surface area contributed by atoms with E-state index in [1.807, 2.05) is 0 Å². The molecule has 0 spiro atoms. The van der Waals surface area contributed by atoms with Gasteiger partial charge in [-0.05, 0) is 18.8 Å². The second kappa shape index (κ2) is 7.20. The van der Waals surface area contributed by atoms with Crippen LogP contribution in [-0.2, 0) is 14.6 Å². The van der Waals surface area contributed by atoms with Gasteiger partial charge >= 0.3 is 0 Å². The first-order valence-corrected chi connectivity index (χ1v) is 9.54. The molecule has 0 bridgehead atoms. The van der Waals surface area contributed by atoms with Crippen LogP contribution in [0.15, 0.2) is 0 Å². The quantitative estimate of drug-likeness (QED) is 0.802. The Hall–Kier alpha value is -0.170. The van der Waals surface area contributed by atoms with Gasteiger partial charge in [0.1, 0.15) is 0 Å². The van der Waals surface area contributed by atoms with Crippen LogP contribution in [0.1, 0.15) is 26.7 Å². The highest BCUT2D eigenvalue weighted by atomic mass is 32.2. The summed E-state index contributed by atoms with van der Waals surface area (Å²) in [4.78, 5) is 2.44. The zero-order valence-electron chi connectivity index (χ0n) is 12.7. The van der Waals surface area contributed by atoms with Crippen molar-refractivity contribution in [3.05, 3.63) is 0 Å². The van der Waals surface area contributed by atoms with Gasteiger partial charge in [-0.25, -0.2) is 8.42 Å². The summed E-state index contributed by atoms with van der Waals surface area (Å²) in [5, 5.41) is 3.39. The molecule has 118 valence electrons. The predicted octanol–water partition coefficient (Wildman–Crippen LogP) is 0.510. The summed E-state index contributed by atoms with van der Waals surface area (Å²) in [6.45, 7) is 9.07. The van der Waals surface area contributed by atoms with Gasteiger partial charge in [-0.2, -0.15) is 0 Å². The molecule has 2 aliphatic heterocycles. The molecule has 0 aromatic carbocycles.